The zero-order valence-corrected chi connectivity index (χ0v) is 12.1. The van der Waals surface area contributed by atoms with E-state index in [1.54, 1.807) is 11.6 Å². The van der Waals surface area contributed by atoms with E-state index in [0.29, 0.717) is 18.9 Å². The van der Waals surface area contributed by atoms with E-state index in [2.05, 4.69) is 5.10 Å². The molecule has 21 heavy (non-hydrogen) atoms. The SMILES string of the molecule is CCOC(=O)CC1CCC(n2cc(N)c(C(F)F)n2)CC1. The summed E-state index contributed by atoms with van der Waals surface area (Å²) >= 11 is 0. The predicted molar refractivity (Wildman–Crippen MR) is 73.8 cm³/mol. The quantitative estimate of drug-likeness (QED) is 0.848. The zero-order chi connectivity index (χ0) is 15.4. The fourth-order valence-electron chi connectivity index (χ4n) is 2.85. The van der Waals surface area contributed by atoms with Crippen LogP contribution in [0.25, 0.3) is 0 Å². The summed E-state index contributed by atoms with van der Waals surface area (Å²) in [4.78, 5) is 11.4. The van der Waals surface area contributed by atoms with E-state index in [4.69, 9.17) is 10.5 Å². The minimum atomic E-state index is -2.65. The summed E-state index contributed by atoms with van der Waals surface area (Å²) in [6.07, 6.45) is 2.64. The molecule has 0 saturated heterocycles. The molecule has 0 atom stereocenters. The summed E-state index contributed by atoms with van der Waals surface area (Å²) in [6, 6.07) is 0.0817. The van der Waals surface area contributed by atoms with Gasteiger partial charge in [-0.3, -0.25) is 9.48 Å². The molecule has 0 bridgehead atoms. The monoisotopic (exact) mass is 301 g/mol. The third-order valence-electron chi connectivity index (χ3n) is 3.95. The molecule has 1 aliphatic rings. The minimum absolute atomic E-state index is 0.0404. The molecule has 1 heterocycles. The average molecular weight is 301 g/mol. The van der Waals surface area contributed by atoms with Crippen LogP contribution in [0.1, 0.15) is 57.2 Å². The molecular formula is C14H21F2N3O2. The molecule has 5 nitrogen and oxygen atoms in total. The van der Waals surface area contributed by atoms with Crippen molar-refractivity contribution in [3.63, 3.8) is 0 Å². The highest BCUT2D eigenvalue weighted by Crippen LogP contribution is 2.35. The van der Waals surface area contributed by atoms with Gasteiger partial charge in [0.05, 0.1) is 18.3 Å². The van der Waals surface area contributed by atoms with E-state index >= 15 is 0 Å². The number of carbonyl (C=O) groups excluding carboxylic acids is 1. The molecule has 2 rings (SSSR count). The van der Waals surface area contributed by atoms with Crippen LogP contribution < -0.4 is 5.73 Å². The lowest BCUT2D eigenvalue weighted by molar-refractivity contribution is -0.144. The maximum absolute atomic E-state index is 12.7. The number of aromatic nitrogens is 2. The van der Waals surface area contributed by atoms with Crippen molar-refractivity contribution < 1.29 is 18.3 Å². The molecular weight excluding hydrogens is 280 g/mol. The van der Waals surface area contributed by atoms with Crippen molar-refractivity contribution in [1.29, 1.82) is 0 Å². The zero-order valence-electron chi connectivity index (χ0n) is 12.1. The Morgan fingerprint density at radius 2 is 2.14 bits per heavy atom. The van der Waals surface area contributed by atoms with Crippen LogP contribution in [0.3, 0.4) is 0 Å². The number of nitrogens with zero attached hydrogens (tertiary/aromatic N) is 2. The van der Waals surface area contributed by atoms with E-state index in [9.17, 15) is 13.6 Å². The summed E-state index contributed by atoms with van der Waals surface area (Å²) in [5.74, 6) is 0.145. The minimum Gasteiger partial charge on any atom is -0.466 e. The first-order chi connectivity index (χ1) is 10.0. The largest absolute Gasteiger partial charge is 0.466 e. The summed E-state index contributed by atoms with van der Waals surface area (Å²) in [5, 5.41) is 3.90. The van der Waals surface area contributed by atoms with Crippen LogP contribution in [0.2, 0.25) is 0 Å². The fourth-order valence-corrected chi connectivity index (χ4v) is 2.85. The first kappa shape index (κ1) is 15.7. The van der Waals surface area contributed by atoms with Crippen molar-refractivity contribution in [2.24, 2.45) is 5.92 Å². The number of rotatable bonds is 5. The third-order valence-corrected chi connectivity index (χ3v) is 3.95. The number of nitrogens with two attached hydrogens (primary N) is 1. The second kappa shape index (κ2) is 6.87. The molecule has 0 aliphatic heterocycles. The summed E-state index contributed by atoms with van der Waals surface area (Å²) in [5.41, 5.74) is 5.25. The van der Waals surface area contributed by atoms with Crippen LogP contribution >= 0.6 is 0 Å². The highest BCUT2D eigenvalue weighted by atomic mass is 19.3. The van der Waals surface area contributed by atoms with Gasteiger partial charge < -0.3 is 10.5 Å². The van der Waals surface area contributed by atoms with Crippen molar-refractivity contribution in [2.75, 3.05) is 12.3 Å². The summed E-state index contributed by atoms with van der Waals surface area (Å²) in [7, 11) is 0. The van der Waals surface area contributed by atoms with Gasteiger partial charge in [0, 0.05) is 12.6 Å². The van der Waals surface area contributed by atoms with E-state index in [1.165, 1.54) is 6.20 Å². The maximum Gasteiger partial charge on any atom is 0.306 e. The topological polar surface area (TPSA) is 70.1 Å². The van der Waals surface area contributed by atoms with Crippen LogP contribution in [0.5, 0.6) is 0 Å². The number of halogens is 2. The van der Waals surface area contributed by atoms with Crippen molar-refractivity contribution in [3.05, 3.63) is 11.9 Å². The van der Waals surface area contributed by atoms with E-state index in [1.807, 2.05) is 0 Å². The van der Waals surface area contributed by atoms with Crippen molar-refractivity contribution >= 4 is 11.7 Å². The lowest BCUT2D eigenvalue weighted by Crippen LogP contribution is -2.21. The Morgan fingerprint density at radius 3 is 2.67 bits per heavy atom. The highest BCUT2D eigenvalue weighted by Gasteiger charge is 2.26. The van der Waals surface area contributed by atoms with E-state index < -0.39 is 6.43 Å². The van der Waals surface area contributed by atoms with Crippen LogP contribution in [0.15, 0.2) is 6.20 Å². The molecule has 0 radical (unpaired) electrons. The van der Waals surface area contributed by atoms with Gasteiger partial charge in [-0.15, -0.1) is 0 Å². The smallest absolute Gasteiger partial charge is 0.306 e. The average Bonchev–Trinajstić information content (AvgIpc) is 2.82. The van der Waals surface area contributed by atoms with Gasteiger partial charge in [-0.2, -0.15) is 5.10 Å². The van der Waals surface area contributed by atoms with Gasteiger partial charge in [0.15, 0.2) is 5.69 Å². The normalized spacial score (nSPS) is 22.5. The van der Waals surface area contributed by atoms with Gasteiger partial charge in [0.25, 0.3) is 6.43 Å². The summed E-state index contributed by atoms with van der Waals surface area (Å²) in [6.45, 7) is 2.19. The van der Waals surface area contributed by atoms with Crippen molar-refractivity contribution in [3.8, 4) is 0 Å². The number of esters is 1. The molecule has 1 saturated carbocycles. The van der Waals surface area contributed by atoms with Gasteiger partial charge in [-0.1, -0.05) is 0 Å². The number of anilines is 1. The number of hydrogen-bond acceptors (Lipinski definition) is 4. The number of carbonyl (C=O) groups is 1. The third kappa shape index (κ3) is 3.92. The molecule has 0 spiro atoms. The van der Waals surface area contributed by atoms with Crippen LogP contribution in [-0.2, 0) is 9.53 Å². The molecule has 0 unspecified atom stereocenters. The van der Waals surface area contributed by atoms with Crippen LogP contribution in [0.4, 0.5) is 14.5 Å². The molecule has 118 valence electrons. The van der Waals surface area contributed by atoms with E-state index in [0.717, 1.165) is 25.7 Å². The second-order valence-corrected chi connectivity index (χ2v) is 5.43. The Hall–Kier alpha value is -1.66. The molecule has 1 aliphatic carbocycles. The lowest BCUT2D eigenvalue weighted by Gasteiger charge is -2.28. The Labute approximate surface area is 122 Å². The standard InChI is InChI=1S/C14H21F2N3O2/c1-2-21-12(20)7-9-3-5-10(6-4-9)19-8-11(17)13(18-19)14(15)16/h8-10,14H,2-7,17H2,1H3. The Bertz CT molecular complexity index is 483. The van der Waals surface area contributed by atoms with Crippen LogP contribution in [0, 0.1) is 5.92 Å². The number of alkyl halides is 2. The van der Waals surface area contributed by atoms with Crippen molar-refractivity contribution in [1.82, 2.24) is 9.78 Å². The molecule has 1 fully saturated rings. The molecule has 7 heteroatoms. The van der Waals surface area contributed by atoms with Gasteiger partial charge >= 0.3 is 5.97 Å². The second-order valence-electron chi connectivity index (χ2n) is 5.43. The first-order valence-corrected chi connectivity index (χ1v) is 7.29. The molecule has 0 aromatic carbocycles. The van der Waals surface area contributed by atoms with E-state index in [-0.39, 0.29) is 23.4 Å². The van der Waals surface area contributed by atoms with Gasteiger partial charge in [0.2, 0.25) is 0 Å². The van der Waals surface area contributed by atoms with Gasteiger partial charge in [0.1, 0.15) is 0 Å². The first-order valence-electron chi connectivity index (χ1n) is 7.29. The number of hydrogen-bond donors (Lipinski definition) is 1. The Morgan fingerprint density at radius 1 is 1.48 bits per heavy atom. The Kier molecular flexibility index (Phi) is 5.14. The molecule has 1 aromatic rings. The van der Waals surface area contributed by atoms with Crippen molar-refractivity contribution in [2.45, 2.75) is 51.5 Å². The maximum atomic E-state index is 12.7. The molecule has 0 amide bonds. The highest BCUT2D eigenvalue weighted by molar-refractivity contribution is 5.69. The fraction of sp³-hybridized carbons (Fsp3) is 0.714. The number of ether oxygens (including phenoxy) is 1. The van der Waals surface area contributed by atoms with Gasteiger partial charge in [-0.25, -0.2) is 8.78 Å². The number of nitrogen functional groups attached to an aromatic ring is 1. The van der Waals surface area contributed by atoms with Crippen LogP contribution in [-0.4, -0.2) is 22.4 Å². The lowest BCUT2D eigenvalue weighted by atomic mass is 9.84. The summed E-state index contributed by atoms with van der Waals surface area (Å²) < 4.78 is 31.9. The van der Waals surface area contributed by atoms with Gasteiger partial charge in [-0.05, 0) is 38.5 Å². The molecule has 1 aromatic heterocycles. The molecule has 2 N–H and O–H groups in total. The Balaban J connectivity index is 1.89. The predicted octanol–water partition coefficient (Wildman–Crippen LogP) is 3.09.